The fraction of sp³-hybridized carbons (Fsp3) is 0.293. The molecule has 11 nitrogen and oxygen atoms in total. The number of fused-ring (bicyclic) bond motifs is 4. The van der Waals surface area contributed by atoms with Crippen LogP contribution in [-0.2, 0) is 18.3 Å². The summed E-state index contributed by atoms with van der Waals surface area (Å²) in [5.74, 6) is -0.0445. The summed E-state index contributed by atoms with van der Waals surface area (Å²) in [5, 5.41) is 10.5. The highest BCUT2D eigenvalue weighted by molar-refractivity contribution is 6.35. The van der Waals surface area contributed by atoms with Gasteiger partial charge in [0.1, 0.15) is 23.6 Å². The molecule has 4 heterocycles. The smallest absolute Gasteiger partial charge is 0.362 e. The average molecular weight is 767 g/mol. The Kier molecular flexibility index (Phi) is 9.89. The highest BCUT2D eigenvalue weighted by Gasteiger charge is 2.37. The number of ether oxygens (including phenoxy) is 1. The van der Waals surface area contributed by atoms with Gasteiger partial charge in [-0.15, -0.1) is 0 Å². The van der Waals surface area contributed by atoms with Crippen molar-refractivity contribution >= 4 is 68.4 Å². The van der Waals surface area contributed by atoms with Crippen LogP contribution in [0.25, 0.3) is 32.9 Å². The number of hydrogen-bond donors (Lipinski definition) is 2. The number of halogens is 2. The van der Waals surface area contributed by atoms with E-state index in [-0.39, 0.29) is 23.3 Å². The predicted octanol–water partition coefficient (Wildman–Crippen LogP) is 9.02. The maximum atomic E-state index is 15.1. The van der Waals surface area contributed by atoms with Crippen LogP contribution in [0.15, 0.2) is 55.0 Å². The molecule has 7 rings (SSSR count). The molecule has 0 bridgehead atoms. The SMILES string of the molecule is CC(=N)NOC(=O)c1ccc2c(c1)c(N1CC(C)n3c(c(CCCOc4cc(C)c(Cl)c(C)c4)c4ccc(Cl)c(-c5c(C)ncnc5C)c43)C1=O)cn2C. The molecule has 1 unspecified atom stereocenters. The van der Waals surface area contributed by atoms with Crippen LogP contribution in [0.3, 0.4) is 0 Å². The molecule has 278 valence electrons. The van der Waals surface area contributed by atoms with Gasteiger partial charge in [-0.1, -0.05) is 29.3 Å². The second-order valence-corrected chi connectivity index (χ2v) is 14.8. The number of hydroxylamine groups is 1. The summed E-state index contributed by atoms with van der Waals surface area (Å²) in [5.41, 5.74) is 11.6. The van der Waals surface area contributed by atoms with Gasteiger partial charge in [0.15, 0.2) is 0 Å². The van der Waals surface area contributed by atoms with E-state index in [2.05, 4.69) is 26.9 Å². The lowest BCUT2D eigenvalue weighted by atomic mass is 9.97. The maximum absolute atomic E-state index is 15.1. The topological polar surface area (TPSA) is 127 Å². The van der Waals surface area contributed by atoms with Crippen molar-refractivity contribution in [2.24, 2.45) is 7.05 Å². The summed E-state index contributed by atoms with van der Waals surface area (Å²) >= 11 is 13.5. The van der Waals surface area contributed by atoms with Crippen LogP contribution < -0.4 is 15.1 Å². The zero-order valence-corrected chi connectivity index (χ0v) is 32.7. The third-order valence-corrected chi connectivity index (χ3v) is 11.0. The molecule has 54 heavy (non-hydrogen) atoms. The number of nitrogens with one attached hydrogen (secondary N) is 2. The maximum Gasteiger partial charge on any atom is 0.362 e. The molecule has 3 aromatic carbocycles. The average Bonchev–Trinajstić information content (AvgIpc) is 3.64. The van der Waals surface area contributed by atoms with Crippen molar-refractivity contribution in [1.29, 1.82) is 5.41 Å². The summed E-state index contributed by atoms with van der Waals surface area (Å²) in [4.78, 5) is 43.9. The fourth-order valence-corrected chi connectivity index (χ4v) is 8.01. The van der Waals surface area contributed by atoms with Crippen molar-refractivity contribution in [2.75, 3.05) is 18.1 Å². The van der Waals surface area contributed by atoms with E-state index in [9.17, 15) is 4.79 Å². The van der Waals surface area contributed by atoms with Crippen LogP contribution in [0.4, 0.5) is 5.69 Å². The first-order valence-electron chi connectivity index (χ1n) is 17.7. The summed E-state index contributed by atoms with van der Waals surface area (Å²) < 4.78 is 10.3. The molecule has 1 amide bonds. The van der Waals surface area contributed by atoms with E-state index in [1.165, 1.54) is 6.92 Å². The molecular weight excluding hydrogens is 725 g/mol. The van der Waals surface area contributed by atoms with Crippen LogP contribution in [-0.4, -0.2) is 50.0 Å². The van der Waals surface area contributed by atoms with Crippen molar-refractivity contribution in [3.8, 4) is 16.9 Å². The predicted molar refractivity (Wildman–Crippen MR) is 213 cm³/mol. The number of hydrogen-bond acceptors (Lipinski definition) is 7. The third-order valence-electron chi connectivity index (χ3n) is 10.1. The lowest BCUT2D eigenvalue weighted by Gasteiger charge is -2.34. The van der Waals surface area contributed by atoms with Gasteiger partial charge in [0.2, 0.25) is 0 Å². The van der Waals surface area contributed by atoms with Gasteiger partial charge in [0.05, 0.1) is 28.4 Å². The van der Waals surface area contributed by atoms with Gasteiger partial charge in [0.25, 0.3) is 5.91 Å². The van der Waals surface area contributed by atoms with Crippen molar-refractivity contribution in [3.63, 3.8) is 0 Å². The summed E-state index contributed by atoms with van der Waals surface area (Å²) in [6.07, 6.45) is 4.67. The number of amidine groups is 1. The Bertz CT molecular complexity index is 2480. The van der Waals surface area contributed by atoms with E-state index in [4.69, 9.17) is 38.2 Å². The van der Waals surface area contributed by atoms with Crippen LogP contribution >= 0.6 is 23.2 Å². The first-order valence-corrected chi connectivity index (χ1v) is 18.5. The second-order valence-electron chi connectivity index (χ2n) is 14.0. The van der Waals surface area contributed by atoms with Crippen molar-refractivity contribution in [1.82, 2.24) is 24.6 Å². The molecule has 0 spiro atoms. The monoisotopic (exact) mass is 765 g/mol. The highest BCUT2D eigenvalue weighted by Crippen LogP contribution is 2.45. The highest BCUT2D eigenvalue weighted by atomic mass is 35.5. The lowest BCUT2D eigenvalue weighted by molar-refractivity contribution is 0.0384. The number of aryl methyl sites for hydroxylation is 6. The Morgan fingerprint density at radius 1 is 1.00 bits per heavy atom. The van der Waals surface area contributed by atoms with Crippen LogP contribution in [0.5, 0.6) is 5.75 Å². The Morgan fingerprint density at radius 2 is 1.70 bits per heavy atom. The van der Waals surface area contributed by atoms with Crippen molar-refractivity contribution < 1.29 is 19.2 Å². The molecule has 0 saturated carbocycles. The van der Waals surface area contributed by atoms with E-state index in [1.54, 1.807) is 23.4 Å². The normalized spacial score (nSPS) is 14.1. The molecule has 0 saturated heterocycles. The largest absolute Gasteiger partial charge is 0.494 e. The number of carbonyl (C=O) groups is 2. The molecule has 3 aromatic heterocycles. The van der Waals surface area contributed by atoms with Gasteiger partial charge in [0, 0.05) is 69.7 Å². The molecule has 13 heteroatoms. The summed E-state index contributed by atoms with van der Waals surface area (Å²) in [7, 11) is 1.91. The Morgan fingerprint density at radius 3 is 2.39 bits per heavy atom. The number of aromatic nitrogens is 4. The van der Waals surface area contributed by atoms with Gasteiger partial charge in [-0.2, -0.15) is 0 Å². The number of nitrogens with zero attached hydrogens (tertiary/aromatic N) is 5. The first kappa shape index (κ1) is 36.9. The minimum atomic E-state index is -0.634. The summed E-state index contributed by atoms with van der Waals surface area (Å²) in [6.45, 7) is 12.2. The van der Waals surface area contributed by atoms with Crippen LogP contribution in [0.1, 0.15) is 75.2 Å². The van der Waals surface area contributed by atoms with Crippen LogP contribution in [0.2, 0.25) is 10.0 Å². The molecule has 1 aliphatic rings. The van der Waals surface area contributed by atoms with Gasteiger partial charge in [-0.25, -0.2) is 20.2 Å². The second kappa shape index (κ2) is 14.4. The molecule has 0 fully saturated rings. The molecule has 0 radical (unpaired) electrons. The molecule has 1 atom stereocenters. The zero-order chi connectivity index (χ0) is 38.6. The lowest BCUT2D eigenvalue weighted by Crippen LogP contribution is -2.42. The van der Waals surface area contributed by atoms with E-state index < -0.39 is 5.97 Å². The zero-order valence-electron chi connectivity index (χ0n) is 31.2. The van der Waals surface area contributed by atoms with Crippen LogP contribution in [0, 0.1) is 33.1 Å². The number of carbonyl (C=O) groups excluding carboxylic acids is 2. The summed E-state index contributed by atoms with van der Waals surface area (Å²) in [6, 6.07) is 12.8. The molecule has 0 aliphatic carbocycles. The van der Waals surface area contributed by atoms with Gasteiger partial charge in [-0.3, -0.25) is 10.2 Å². The number of rotatable bonds is 8. The Hall–Kier alpha value is -5.39. The number of benzene rings is 3. The minimum Gasteiger partial charge on any atom is -0.494 e. The van der Waals surface area contributed by atoms with Gasteiger partial charge < -0.3 is 23.6 Å². The third kappa shape index (κ3) is 6.45. The molecule has 2 N–H and O–H groups in total. The van der Waals surface area contributed by atoms with E-state index in [0.29, 0.717) is 42.4 Å². The van der Waals surface area contributed by atoms with E-state index in [0.717, 1.165) is 71.8 Å². The standard InChI is InChI=1S/C41H41Cl2N7O4/c1-21-15-28(16-22(2)37(21)43)53-14-8-9-29-30-11-12-32(42)36(35-24(4)45-20-46-25(35)5)38(30)50-23(3)18-49(40(51)39(29)50)34-19-48(7)33-13-10-27(17-31(33)34)41(52)54-47-26(6)44/h10-13,15-17,19-20,23H,8-9,14,18H2,1-7H3,(H2,44,47). The minimum absolute atomic E-state index is 0.000199. The molecule has 6 aromatic rings. The van der Waals surface area contributed by atoms with Gasteiger partial charge in [-0.05, 0) is 107 Å². The van der Waals surface area contributed by atoms with E-state index >= 15 is 4.79 Å². The fourth-order valence-electron chi connectivity index (χ4n) is 7.65. The Labute approximate surface area is 323 Å². The van der Waals surface area contributed by atoms with Gasteiger partial charge >= 0.3 is 5.97 Å². The number of anilines is 1. The van der Waals surface area contributed by atoms with Crippen molar-refractivity contribution in [2.45, 2.75) is 60.4 Å². The first-order chi connectivity index (χ1) is 25.8. The number of amides is 1. The Balaban J connectivity index is 1.35. The van der Waals surface area contributed by atoms with Crippen molar-refractivity contribution in [3.05, 3.63) is 104 Å². The van der Waals surface area contributed by atoms with E-state index in [1.807, 2.05) is 75.8 Å². The quantitative estimate of drug-likeness (QED) is 0.0685. The molecule has 1 aliphatic heterocycles. The molecular formula is C41H41Cl2N7O4.